The molecule has 2 aromatic rings. The summed E-state index contributed by atoms with van der Waals surface area (Å²) in [6.07, 6.45) is 0. The molecule has 1 amide bonds. The first-order valence-corrected chi connectivity index (χ1v) is 5.53. The van der Waals surface area contributed by atoms with E-state index in [1.165, 1.54) is 0 Å². The summed E-state index contributed by atoms with van der Waals surface area (Å²) in [5.74, 6) is 0.838. The fourth-order valence-electron chi connectivity index (χ4n) is 2.13. The van der Waals surface area contributed by atoms with E-state index in [0.717, 1.165) is 22.6 Å². The first kappa shape index (κ1) is 10.1. The van der Waals surface area contributed by atoms with Crippen LogP contribution in [-0.4, -0.2) is 16.0 Å². The van der Waals surface area contributed by atoms with Crippen molar-refractivity contribution in [3.05, 3.63) is 52.9 Å². The van der Waals surface area contributed by atoms with Crippen LogP contribution in [0.25, 0.3) is 0 Å². The van der Waals surface area contributed by atoms with Crippen molar-refractivity contribution >= 4 is 5.91 Å². The maximum Gasteiger partial charge on any atom is 0.254 e. The van der Waals surface area contributed by atoms with Crippen LogP contribution < -0.4 is 0 Å². The third-order valence-corrected chi connectivity index (χ3v) is 2.93. The number of hydrogen-bond acceptors (Lipinski definition) is 3. The Morgan fingerprint density at radius 3 is 2.94 bits per heavy atom. The van der Waals surface area contributed by atoms with E-state index < -0.39 is 0 Å². The van der Waals surface area contributed by atoms with Gasteiger partial charge in [-0.15, -0.1) is 0 Å². The summed E-state index contributed by atoms with van der Waals surface area (Å²) >= 11 is 0. The summed E-state index contributed by atoms with van der Waals surface area (Å²) in [4.78, 5) is 13.9. The Morgan fingerprint density at radius 1 is 1.41 bits per heavy atom. The molecule has 1 aromatic carbocycles. The molecule has 17 heavy (non-hydrogen) atoms. The molecule has 0 saturated heterocycles. The maximum absolute atomic E-state index is 12.1. The molecule has 0 atom stereocenters. The Hall–Kier alpha value is -2.10. The Morgan fingerprint density at radius 2 is 2.24 bits per heavy atom. The monoisotopic (exact) mass is 228 g/mol. The zero-order valence-electron chi connectivity index (χ0n) is 9.51. The molecule has 4 heteroatoms. The third-order valence-electron chi connectivity index (χ3n) is 2.93. The zero-order valence-corrected chi connectivity index (χ0v) is 9.51. The zero-order chi connectivity index (χ0) is 11.8. The molecular formula is C13H12N2O2. The van der Waals surface area contributed by atoms with Crippen LogP contribution in [0.4, 0.5) is 0 Å². The van der Waals surface area contributed by atoms with Crippen LogP contribution in [0.3, 0.4) is 0 Å². The fourth-order valence-corrected chi connectivity index (χ4v) is 2.13. The number of aryl methyl sites for hydroxylation is 1. The van der Waals surface area contributed by atoms with Crippen LogP contribution in [0, 0.1) is 6.92 Å². The van der Waals surface area contributed by atoms with E-state index in [1.54, 1.807) is 4.90 Å². The van der Waals surface area contributed by atoms with Crippen LogP contribution in [-0.2, 0) is 13.1 Å². The number of aromatic nitrogens is 1. The molecular weight excluding hydrogens is 216 g/mol. The summed E-state index contributed by atoms with van der Waals surface area (Å²) in [6, 6.07) is 9.56. The normalized spacial score (nSPS) is 14.2. The summed E-state index contributed by atoms with van der Waals surface area (Å²) in [5.41, 5.74) is 2.68. The van der Waals surface area contributed by atoms with E-state index in [4.69, 9.17) is 4.52 Å². The number of benzene rings is 1. The quantitative estimate of drug-likeness (QED) is 0.791. The lowest BCUT2D eigenvalue weighted by atomic mass is 10.1. The first-order chi connectivity index (χ1) is 8.24. The minimum atomic E-state index is 0.0706. The molecule has 0 N–H and O–H groups in total. The van der Waals surface area contributed by atoms with E-state index >= 15 is 0 Å². The highest BCUT2D eigenvalue weighted by molar-refractivity contribution is 5.98. The predicted octanol–water partition coefficient (Wildman–Crippen LogP) is 2.14. The van der Waals surface area contributed by atoms with Crippen molar-refractivity contribution in [2.75, 3.05) is 0 Å². The molecule has 0 aliphatic carbocycles. The van der Waals surface area contributed by atoms with Crippen LogP contribution in [0.1, 0.15) is 27.4 Å². The van der Waals surface area contributed by atoms with E-state index in [9.17, 15) is 4.79 Å². The number of hydrogen-bond donors (Lipinski definition) is 0. The molecule has 0 unspecified atom stereocenters. The molecule has 86 valence electrons. The standard InChI is InChI=1S/C13H12N2O2/c1-9-6-11(14-17-9)8-15-7-10-4-2-3-5-12(10)13(15)16/h2-6H,7-8H2,1H3. The maximum atomic E-state index is 12.1. The van der Waals surface area contributed by atoms with Crippen molar-refractivity contribution in [3.63, 3.8) is 0 Å². The highest BCUT2D eigenvalue weighted by atomic mass is 16.5. The molecule has 1 aliphatic rings. The van der Waals surface area contributed by atoms with Gasteiger partial charge in [-0.1, -0.05) is 23.4 Å². The minimum absolute atomic E-state index is 0.0706. The third kappa shape index (κ3) is 1.71. The summed E-state index contributed by atoms with van der Waals surface area (Å²) < 4.78 is 5.00. The second-order valence-corrected chi connectivity index (χ2v) is 4.25. The number of fused-ring (bicyclic) bond motifs is 1. The molecule has 1 aliphatic heterocycles. The summed E-state index contributed by atoms with van der Waals surface area (Å²) in [6.45, 7) is 3.00. The number of carbonyl (C=O) groups is 1. The lowest BCUT2D eigenvalue weighted by Crippen LogP contribution is -2.23. The molecule has 4 nitrogen and oxygen atoms in total. The molecule has 0 spiro atoms. The number of amides is 1. The number of nitrogens with zero attached hydrogens (tertiary/aromatic N) is 2. The molecule has 0 saturated carbocycles. The molecule has 2 heterocycles. The lowest BCUT2D eigenvalue weighted by molar-refractivity contribution is 0.0763. The Kier molecular flexibility index (Phi) is 2.21. The van der Waals surface area contributed by atoms with Crippen LogP contribution in [0.15, 0.2) is 34.9 Å². The van der Waals surface area contributed by atoms with Gasteiger partial charge in [0.15, 0.2) is 0 Å². The van der Waals surface area contributed by atoms with Crippen molar-refractivity contribution in [1.29, 1.82) is 0 Å². The largest absolute Gasteiger partial charge is 0.361 e. The Balaban J connectivity index is 1.82. The van der Waals surface area contributed by atoms with E-state index in [0.29, 0.717) is 13.1 Å². The van der Waals surface area contributed by atoms with Gasteiger partial charge < -0.3 is 9.42 Å². The molecule has 0 radical (unpaired) electrons. The Bertz CT molecular complexity index is 574. The highest BCUT2D eigenvalue weighted by Gasteiger charge is 2.27. The van der Waals surface area contributed by atoms with Gasteiger partial charge in [0.25, 0.3) is 5.91 Å². The van der Waals surface area contributed by atoms with Crippen molar-refractivity contribution in [2.24, 2.45) is 0 Å². The smallest absolute Gasteiger partial charge is 0.254 e. The van der Waals surface area contributed by atoms with Crippen molar-refractivity contribution < 1.29 is 9.32 Å². The second kappa shape index (κ2) is 3.73. The van der Waals surface area contributed by atoms with Gasteiger partial charge in [-0.05, 0) is 18.6 Å². The summed E-state index contributed by atoms with van der Waals surface area (Å²) in [7, 11) is 0. The van der Waals surface area contributed by atoms with Gasteiger partial charge >= 0.3 is 0 Å². The lowest BCUT2D eigenvalue weighted by Gasteiger charge is -2.12. The number of carbonyl (C=O) groups excluding carboxylic acids is 1. The van der Waals surface area contributed by atoms with E-state index in [2.05, 4.69) is 5.16 Å². The van der Waals surface area contributed by atoms with Crippen molar-refractivity contribution in [1.82, 2.24) is 10.1 Å². The van der Waals surface area contributed by atoms with Gasteiger partial charge in [0.1, 0.15) is 11.5 Å². The number of rotatable bonds is 2. The summed E-state index contributed by atoms with van der Waals surface area (Å²) in [5, 5.41) is 3.91. The first-order valence-electron chi connectivity index (χ1n) is 5.53. The Labute approximate surface area is 98.8 Å². The van der Waals surface area contributed by atoms with Gasteiger partial charge in [0.05, 0.1) is 6.54 Å². The molecule has 0 bridgehead atoms. The van der Waals surface area contributed by atoms with E-state index in [1.807, 2.05) is 37.3 Å². The van der Waals surface area contributed by atoms with Gasteiger partial charge in [-0.25, -0.2) is 0 Å². The average molecular weight is 228 g/mol. The van der Waals surface area contributed by atoms with Crippen LogP contribution in [0.5, 0.6) is 0 Å². The predicted molar refractivity (Wildman–Crippen MR) is 61.3 cm³/mol. The minimum Gasteiger partial charge on any atom is -0.361 e. The second-order valence-electron chi connectivity index (χ2n) is 4.25. The van der Waals surface area contributed by atoms with Gasteiger partial charge in [0, 0.05) is 18.2 Å². The average Bonchev–Trinajstić information content (AvgIpc) is 2.86. The topological polar surface area (TPSA) is 46.3 Å². The van der Waals surface area contributed by atoms with Gasteiger partial charge in [-0.2, -0.15) is 0 Å². The highest BCUT2D eigenvalue weighted by Crippen LogP contribution is 2.23. The fraction of sp³-hybridized carbons (Fsp3) is 0.231. The SMILES string of the molecule is Cc1cc(CN2Cc3ccccc3C2=O)no1. The molecule has 0 fully saturated rings. The van der Waals surface area contributed by atoms with E-state index in [-0.39, 0.29) is 5.91 Å². The van der Waals surface area contributed by atoms with Gasteiger partial charge in [-0.3, -0.25) is 4.79 Å². The van der Waals surface area contributed by atoms with Gasteiger partial charge in [0.2, 0.25) is 0 Å². The molecule has 1 aromatic heterocycles. The van der Waals surface area contributed by atoms with Crippen LogP contribution in [0.2, 0.25) is 0 Å². The van der Waals surface area contributed by atoms with Crippen molar-refractivity contribution in [3.8, 4) is 0 Å². The van der Waals surface area contributed by atoms with Crippen molar-refractivity contribution in [2.45, 2.75) is 20.0 Å². The molecule has 3 rings (SSSR count). The van der Waals surface area contributed by atoms with Crippen LogP contribution >= 0.6 is 0 Å².